The van der Waals surface area contributed by atoms with Crippen LogP contribution < -0.4 is 20.1 Å². The Labute approximate surface area is 170 Å². The van der Waals surface area contributed by atoms with Crippen molar-refractivity contribution in [1.82, 2.24) is 0 Å². The highest BCUT2D eigenvalue weighted by Gasteiger charge is 2.58. The molecule has 3 aliphatic heterocycles. The summed E-state index contributed by atoms with van der Waals surface area (Å²) in [6.07, 6.45) is 0. The van der Waals surface area contributed by atoms with Crippen LogP contribution >= 0.6 is 11.8 Å². The van der Waals surface area contributed by atoms with Crippen molar-refractivity contribution in [2.24, 2.45) is 11.7 Å². The minimum atomic E-state index is -0.741. The second-order valence-electron chi connectivity index (χ2n) is 6.96. The van der Waals surface area contributed by atoms with E-state index in [1.165, 1.54) is 12.0 Å². The average Bonchev–Trinajstić information content (AvgIpc) is 2.97. The summed E-state index contributed by atoms with van der Waals surface area (Å²) < 4.78 is 10.6. The zero-order valence-electron chi connectivity index (χ0n) is 15.3. The van der Waals surface area contributed by atoms with Gasteiger partial charge in [0.05, 0.1) is 29.3 Å². The van der Waals surface area contributed by atoms with Gasteiger partial charge in [0, 0.05) is 17.5 Å². The molecule has 2 aromatic rings. The summed E-state index contributed by atoms with van der Waals surface area (Å²) in [6.45, 7) is 0. The van der Waals surface area contributed by atoms with Crippen LogP contribution in [0, 0.1) is 5.92 Å². The molecule has 146 valence electrons. The number of hydrogen-bond acceptors (Lipinski definition) is 7. The van der Waals surface area contributed by atoms with E-state index in [4.69, 9.17) is 15.2 Å². The first-order chi connectivity index (χ1) is 14.0. The van der Waals surface area contributed by atoms with E-state index in [1.807, 2.05) is 6.07 Å². The molecule has 3 atom stereocenters. The van der Waals surface area contributed by atoms with E-state index in [9.17, 15) is 14.4 Å². The number of ether oxygens (including phenoxy) is 2. The van der Waals surface area contributed by atoms with Crippen molar-refractivity contribution in [1.29, 1.82) is 0 Å². The van der Waals surface area contributed by atoms with Gasteiger partial charge < -0.3 is 15.2 Å². The van der Waals surface area contributed by atoms with E-state index in [0.29, 0.717) is 22.7 Å². The van der Waals surface area contributed by atoms with Crippen molar-refractivity contribution in [3.8, 4) is 11.5 Å². The number of para-hydroxylation sites is 1. The van der Waals surface area contributed by atoms with Crippen LogP contribution in [0.2, 0.25) is 0 Å². The van der Waals surface area contributed by atoms with E-state index >= 15 is 0 Å². The normalized spacial score (nSPS) is 25.3. The molecule has 1 saturated heterocycles. The molecule has 0 unspecified atom stereocenters. The molecule has 29 heavy (non-hydrogen) atoms. The fourth-order valence-corrected chi connectivity index (χ4v) is 5.45. The molecule has 7 nitrogen and oxygen atoms in total. The molecule has 2 N–H and O–H groups in total. The lowest BCUT2D eigenvalue weighted by atomic mass is 9.77. The Kier molecular flexibility index (Phi) is 3.92. The smallest absolute Gasteiger partial charge is 0.342 e. The Morgan fingerprint density at radius 3 is 2.66 bits per heavy atom. The number of hydrogen-bond donors (Lipinski definition) is 1. The van der Waals surface area contributed by atoms with Crippen LogP contribution in [0.15, 0.2) is 59.1 Å². The second kappa shape index (κ2) is 6.38. The lowest BCUT2D eigenvalue weighted by Gasteiger charge is -2.36. The minimum Gasteiger partial charge on any atom is -0.497 e. The van der Waals surface area contributed by atoms with E-state index in [-0.39, 0.29) is 22.4 Å². The van der Waals surface area contributed by atoms with Crippen LogP contribution in [0.5, 0.6) is 11.5 Å². The van der Waals surface area contributed by atoms with Crippen molar-refractivity contribution in [2.75, 3.05) is 12.0 Å². The first-order valence-corrected chi connectivity index (χ1v) is 9.88. The number of rotatable bonds is 2. The highest BCUT2D eigenvalue weighted by atomic mass is 32.2. The molecule has 0 spiro atoms. The lowest BCUT2D eigenvalue weighted by molar-refractivity contribution is -0.131. The maximum atomic E-state index is 13.5. The summed E-state index contributed by atoms with van der Waals surface area (Å²) in [5.74, 6) is -1.71. The zero-order chi connectivity index (χ0) is 20.3. The number of fused-ring (bicyclic) bond motifs is 5. The molecule has 2 aromatic carbocycles. The Hall–Kier alpha value is -3.26. The third-order valence-corrected chi connectivity index (χ3v) is 6.70. The molecule has 0 bridgehead atoms. The van der Waals surface area contributed by atoms with Crippen LogP contribution in [-0.4, -0.2) is 30.1 Å². The fraction of sp³-hybridized carbons (Fsp3) is 0.190. The summed E-state index contributed by atoms with van der Waals surface area (Å²) in [6, 6.07) is 13.8. The molecule has 8 heteroatoms. The minimum absolute atomic E-state index is 0.226. The summed E-state index contributed by atoms with van der Waals surface area (Å²) in [7, 11) is 1.52. The van der Waals surface area contributed by atoms with Crippen LogP contribution in [0.1, 0.15) is 11.5 Å². The van der Waals surface area contributed by atoms with Gasteiger partial charge >= 0.3 is 5.97 Å². The van der Waals surface area contributed by atoms with Gasteiger partial charge in [0.25, 0.3) is 0 Å². The standard InChI is InChI=1S/C21H16N2O5S/c1-27-11-6-4-5-10(9-11)23-19(24)15-14-12-7-2-3-8-13(12)28-21(26)16(14)18(22)29-17(15)20(23)25/h2-9,14-15,17H,22H2,1H3/t14-,15+,17-/m0/s1. The molecule has 3 aliphatic rings. The predicted molar refractivity (Wildman–Crippen MR) is 106 cm³/mol. The molecule has 3 heterocycles. The third kappa shape index (κ3) is 2.49. The van der Waals surface area contributed by atoms with Gasteiger partial charge in [-0.15, -0.1) is 0 Å². The van der Waals surface area contributed by atoms with Crippen molar-refractivity contribution >= 4 is 35.2 Å². The van der Waals surface area contributed by atoms with Gasteiger partial charge in [0.2, 0.25) is 11.8 Å². The van der Waals surface area contributed by atoms with Gasteiger partial charge in [-0.25, -0.2) is 9.69 Å². The van der Waals surface area contributed by atoms with E-state index < -0.39 is 23.1 Å². The lowest BCUT2D eigenvalue weighted by Crippen LogP contribution is -2.39. The van der Waals surface area contributed by atoms with Gasteiger partial charge in [-0.2, -0.15) is 0 Å². The number of benzene rings is 2. The largest absolute Gasteiger partial charge is 0.497 e. The highest BCUT2D eigenvalue weighted by Crippen LogP contribution is 2.54. The number of carbonyl (C=O) groups is 3. The van der Waals surface area contributed by atoms with Crippen molar-refractivity contribution in [3.63, 3.8) is 0 Å². The predicted octanol–water partition coefficient (Wildman–Crippen LogP) is 2.17. The first kappa shape index (κ1) is 17.8. The highest BCUT2D eigenvalue weighted by molar-refractivity contribution is 8.04. The van der Waals surface area contributed by atoms with E-state index in [1.54, 1.807) is 42.5 Å². The second-order valence-corrected chi connectivity index (χ2v) is 8.14. The van der Waals surface area contributed by atoms with Gasteiger partial charge in [0.1, 0.15) is 16.7 Å². The molecular weight excluding hydrogens is 392 g/mol. The molecule has 0 aliphatic carbocycles. The van der Waals surface area contributed by atoms with Gasteiger partial charge in [-0.3, -0.25) is 9.59 Å². The van der Waals surface area contributed by atoms with Crippen LogP contribution in [0.25, 0.3) is 0 Å². The average molecular weight is 408 g/mol. The summed E-state index contributed by atoms with van der Waals surface area (Å²) >= 11 is 1.05. The van der Waals surface area contributed by atoms with E-state index in [0.717, 1.165) is 11.8 Å². The number of carbonyl (C=O) groups excluding carboxylic acids is 3. The molecule has 0 aromatic heterocycles. The molecule has 0 saturated carbocycles. The molecular formula is C21H16N2O5S. The summed E-state index contributed by atoms with van der Waals surface area (Å²) in [5, 5.41) is -0.481. The number of nitrogens with two attached hydrogens (primary N) is 1. The maximum Gasteiger partial charge on any atom is 0.342 e. The Morgan fingerprint density at radius 1 is 1.07 bits per heavy atom. The van der Waals surface area contributed by atoms with E-state index in [2.05, 4.69) is 0 Å². The number of anilines is 1. The molecule has 5 rings (SSSR count). The van der Waals surface area contributed by atoms with Crippen LogP contribution in [-0.2, 0) is 14.4 Å². The maximum absolute atomic E-state index is 13.5. The number of methoxy groups -OCH3 is 1. The van der Waals surface area contributed by atoms with Crippen molar-refractivity contribution in [2.45, 2.75) is 11.2 Å². The first-order valence-electron chi connectivity index (χ1n) is 9.00. The SMILES string of the molecule is COc1cccc(N2C(=O)[C@H]3[C@H](SC(N)=C4C(=O)Oc5ccccc5[C@H]43)C2=O)c1. The van der Waals surface area contributed by atoms with Crippen molar-refractivity contribution in [3.05, 3.63) is 64.7 Å². The number of nitrogens with zero attached hydrogens (tertiary/aromatic N) is 1. The molecule has 1 fully saturated rings. The summed E-state index contributed by atoms with van der Waals surface area (Å²) in [5.41, 5.74) is 7.54. The topological polar surface area (TPSA) is 98.9 Å². The van der Waals surface area contributed by atoms with Crippen LogP contribution in [0.4, 0.5) is 5.69 Å². The van der Waals surface area contributed by atoms with Crippen LogP contribution in [0.3, 0.4) is 0 Å². The number of thioether (sulfide) groups is 1. The quantitative estimate of drug-likeness (QED) is 0.462. The number of esters is 1. The zero-order valence-corrected chi connectivity index (χ0v) is 16.1. The molecule has 0 radical (unpaired) electrons. The molecule has 2 amide bonds. The monoisotopic (exact) mass is 408 g/mol. The Balaban J connectivity index is 1.64. The fourth-order valence-electron chi connectivity index (χ4n) is 4.21. The number of amides is 2. The van der Waals surface area contributed by atoms with Crippen molar-refractivity contribution < 1.29 is 23.9 Å². The Bertz CT molecular complexity index is 1110. The van der Waals surface area contributed by atoms with Gasteiger partial charge in [-0.1, -0.05) is 36.0 Å². The van der Waals surface area contributed by atoms with Gasteiger partial charge in [-0.05, 0) is 18.2 Å². The Morgan fingerprint density at radius 2 is 1.86 bits per heavy atom. The summed E-state index contributed by atoms with van der Waals surface area (Å²) in [4.78, 5) is 40.5. The van der Waals surface area contributed by atoms with Gasteiger partial charge in [0.15, 0.2) is 0 Å². The number of imide groups is 1. The third-order valence-electron chi connectivity index (χ3n) is 5.47.